The third-order valence-electron chi connectivity index (χ3n) is 4.54. The first kappa shape index (κ1) is 17.1. The maximum Gasteiger partial charge on any atom is 0.258 e. The number of amides is 1. The number of fused-ring (bicyclic) bond motifs is 1. The van der Waals surface area contributed by atoms with Crippen LogP contribution in [0.4, 0.5) is 5.69 Å². The molecule has 0 aliphatic carbocycles. The second-order valence-corrected chi connectivity index (χ2v) is 6.30. The number of para-hydroxylation sites is 2. The smallest absolute Gasteiger partial charge is 0.258 e. The van der Waals surface area contributed by atoms with Crippen LogP contribution < -0.4 is 10.1 Å². The molecule has 2 aromatic carbocycles. The third kappa shape index (κ3) is 3.00. The van der Waals surface area contributed by atoms with Gasteiger partial charge >= 0.3 is 0 Å². The number of carbonyl (C=O) groups excluding carboxylic acids is 1. The number of anilines is 1. The van der Waals surface area contributed by atoms with E-state index in [9.17, 15) is 4.79 Å². The van der Waals surface area contributed by atoms with E-state index in [0.717, 1.165) is 23.4 Å². The SMILES string of the molecule is C=CCOc1ccccc1C1(C)Nc2ccccc2C(=O)N1CCC. The zero-order valence-corrected chi connectivity index (χ0v) is 14.8. The monoisotopic (exact) mass is 336 g/mol. The Morgan fingerprint density at radius 1 is 1.20 bits per heavy atom. The fourth-order valence-corrected chi connectivity index (χ4v) is 3.36. The lowest BCUT2D eigenvalue weighted by atomic mass is 9.92. The summed E-state index contributed by atoms with van der Waals surface area (Å²) in [7, 11) is 0. The Labute approximate surface area is 149 Å². The predicted molar refractivity (Wildman–Crippen MR) is 101 cm³/mol. The summed E-state index contributed by atoms with van der Waals surface area (Å²) in [6.07, 6.45) is 2.60. The van der Waals surface area contributed by atoms with Crippen molar-refractivity contribution in [1.82, 2.24) is 4.90 Å². The van der Waals surface area contributed by atoms with Gasteiger partial charge in [-0.05, 0) is 31.5 Å². The normalized spacial score (nSPS) is 19.1. The first-order valence-electron chi connectivity index (χ1n) is 8.64. The second-order valence-electron chi connectivity index (χ2n) is 6.30. The molecule has 2 aromatic rings. The fraction of sp³-hybridized carbons (Fsp3) is 0.286. The third-order valence-corrected chi connectivity index (χ3v) is 4.54. The highest BCUT2D eigenvalue weighted by atomic mass is 16.5. The van der Waals surface area contributed by atoms with Crippen molar-refractivity contribution >= 4 is 11.6 Å². The molecule has 1 atom stereocenters. The predicted octanol–water partition coefficient (Wildman–Crippen LogP) is 4.40. The molecule has 130 valence electrons. The van der Waals surface area contributed by atoms with Crippen molar-refractivity contribution in [2.24, 2.45) is 0 Å². The molecule has 4 nitrogen and oxygen atoms in total. The summed E-state index contributed by atoms with van der Waals surface area (Å²) in [5.74, 6) is 0.794. The highest BCUT2D eigenvalue weighted by molar-refractivity contribution is 6.02. The topological polar surface area (TPSA) is 41.6 Å². The number of carbonyl (C=O) groups is 1. The van der Waals surface area contributed by atoms with Crippen molar-refractivity contribution in [3.8, 4) is 5.75 Å². The summed E-state index contributed by atoms with van der Waals surface area (Å²) in [4.78, 5) is 15.0. The van der Waals surface area contributed by atoms with Gasteiger partial charge in [0.05, 0.1) is 5.56 Å². The van der Waals surface area contributed by atoms with E-state index in [4.69, 9.17) is 4.74 Å². The van der Waals surface area contributed by atoms with Gasteiger partial charge in [0.1, 0.15) is 18.0 Å². The second kappa shape index (κ2) is 7.01. The van der Waals surface area contributed by atoms with Crippen LogP contribution in [0.25, 0.3) is 0 Å². The zero-order chi connectivity index (χ0) is 17.9. The molecule has 1 heterocycles. The van der Waals surface area contributed by atoms with Gasteiger partial charge < -0.3 is 15.0 Å². The Kier molecular flexibility index (Phi) is 4.79. The molecule has 3 rings (SSSR count). The Bertz CT molecular complexity index is 787. The van der Waals surface area contributed by atoms with Gasteiger partial charge in [0.15, 0.2) is 0 Å². The lowest BCUT2D eigenvalue weighted by molar-refractivity contribution is 0.0530. The molecule has 1 amide bonds. The van der Waals surface area contributed by atoms with Crippen LogP contribution >= 0.6 is 0 Å². The van der Waals surface area contributed by atoms with Gasteiger partial charge in [0.25, 0.3) is 5.91 Å². The van der Waals surface area contributed by atoms with E-state index in [0.29, 0.717) is 18.7 Å². The Hall–Kier alpha value is -2.75. The summed E-state index contributed by atoms with van der Waals surface area (Å²) in [6.45, 7) is 8.91. The van der Waals surface area contributed by atoms with Crippen molar-refractivity contribution in [3.63, 3.8) is 0 Å². The number of rotatable bonds is 6. The van der Waals surface area contributed by atoms with E-state index in [2.05, 4.69) is 18.8 Å². The molecular weight excluding hydrogens is 312 g/mol. The highest BCUT2D eigenvalue weighted by Gasteiger charge is 2.43. The summed E-state index contributed by atoms with van der Waals surface area (Å²) < 4.78 is 5.86. The lowest BCUT2D eigenvalue weighted by Crippen LogP contribution is -2.56. The Balaban J connectivity index is 2.12. The van der Waals surface area contributed by atoms with Crippen molar-refractivity contribution in [1.29, 1.82) is 0 Å². The van der Waals surface area contributed by atoms with Crippen molar-refractivity contribution < 1.29 is 9.53 Å². The summed E-state index contributed by atoms with van der Waals surface area (Å²) in [5.41, 5.74) is 1.81. The van der Waals surface area contributed by atoms with Gasteiger partial charge in [-0.25, -0.2) is 0 Å². The van der Waals surface area contributed by atoms with Crippen LogP contribution in [-0.2, 0) is 5.66 Å². The molecule has 0 saturated carbocycles. The minimum Gasteiger partial charge on any atom is -0.489 e. The molecule has 0 spiro atoms. The average molecular weight is 336 g/mol. The molecule has 0 saturated heterocycles. The standard InChI is InChI=1S/C21H24N2O2/c1-4-14-23-20(24)16-10-6-8-12-18(16)22-21(23,3)17-11-7-9-13-19(17)25-15-5-2/h5-13,22H,2,4,14-15H2,1,3H3. The first-order chi connectivity index (χ1) is 12.1. The fourth-order valence-electron chi connectivity index (χ4n) is 3.36. The first-order valence-corrected chi connectivity index (χ1v) is 8.64. The minimum absolute atomic E-state index is 0.0391. The van der Waals surface area contributed by atoms with E-state index in [1.807, 2.05) is 60.4 Å². The van der Waals surface area contributed by atoms with E-state index in [-0.39, 0.29) is 5.91 Å². The van der Waals surface area contributed by atoms with Crippen LogP contribution in [-0.4, -0.2) is 24.0 Å². The van der Waals surface area contributed by atoms with Gasteiger partial charge in [-0.1, -0.05) is 49.9 Å². The summed E-state index contributed by atoms with van der Waals surface area (Å²) >= 11 is 0. The number of nitrogens with zero attached hydrogens (tertiary/aromatic N) is 1. The molecule has 0 bridgehead atoms. The van der Waals surface area contributed by atoms with Gasteiger partial charge in [-0.2, -0.15) is 0 Å². The molecular formula is C21H24N2O2. The molecule has 25 heavy (non-hydrogen) atoms. The minimum atomic E-state index is -0.681. The zero-order valence-electron chi connectivity index (χ0n) is 14.8. The summed E-state index contributed by atoms with van der Waals surface area (Å²) in [5, 5.41) is 3.57. The maximum absolute atomic E-state index is 13.1. The van der Waals surface area contributed by atoms with Crippen LogP contribution in [0.15, 0.2) is 61.2 Å². The van der Waals surface area contributed by atoms with Crippen molar-refractivity contribution in [3.05, 3.63) is 72.3 Å². The molecule has 1 N–H and O–H groups in total. The van der Waals surface area contributed by atoms with Gasteiger partial charge in [-0.3, -0.25) is 4.79 Å². The molecule has 4 heteroatoms. The van der Waals surface area contributed by atoms with E-state index < -0.39 is 5.66 Å². The molecule has 1 aliphatic heterocycles. The largest absolute Gasteiger partial charge is 0.489 e. The maximum atomic E-state index is 13.1. The summed E-state index contributed by atoms with van der Waals surface area (Å²) in [6, 6.07) is 15.5. The van der Waals surface area contributed by atoms with Crippen LogP contribution in [0.5, 0.6) is 5.75 Å². The lowest BCUT2D eigenvalue weighted by Gasteiger charge is -2.47. The molecule has 1 aliphatic rings. The van der Waals surface area contributed by atoms with Crippen LogP contribution in [0.2, 0.25) is 0 Å². The quantitative estimate of drug-likeness (QED) is 0.795. The van der Waals surface area contributed by atoms with Crippen LogP contribution in [0.3, 0.4) is 0 Å². The molecule has 0 aromatic heterocycles. The van der Waals surface area contributed by atoms with Gasteiger partial charge in [0, 0.05) is 17.8 Å². The average Bonchev–Trinajstić information content (AvgIpc) is 2.63. The Morgan fingerprint density at radius 2 is 1.92 bits per heavy atom. The van der Waals surface area contributed by atoms with E-state index >= 15 is 0 Å². The van der Waals surface area contributed by atoms with Crippen molar-refractivity contribution in [2.75, 3.05) is 18.5 Å². The van der Waals surface area contributed by atoms with Gasteiger partial charge in [0.2, 0.25) is 0 Å². The molecule has 0 radical (unpaired) electrons. The number of nitrogens with one attached hydrogen (secondary N) is 1. The molecule has 0 fully saturated rings. The number of hydrogen-bond acceptors (Lipinski definition) is 3. The number of hydrogen-bond donors (Lipinski definition) is 1. The van der Waals surface area contributed by atoms with Gasteiger partial charge in [-0.15, -0.1) is 0 Å². The van der Waals surface area contributed by atoms with Crippen LogP contribution in [0.1, 0.15) is 36.2 Å². The highest BCUT2D eigenvalue weighted by Crippen LogP contribution is 2.41. The number of ether oxygens (including phenoxy) is 1. The van der Waals surface area contributed by atoms with E-state index in [1.165, 1.54) is 0 Å². The van der Waals surface area contributed by atoms with Crippen LogP contribution in [0, 0.1) is 0 Å². The molecule has 1 unspecified atom stereocenters. The Morgan fingerprint density at radius 3 is 2.68 bits per heavy atom. The van der Waals surface area contributed by atoms with Crippen molar-refractivity contribution in [2.45, 2.75) is 25.9 Å². The van der Waals surface area contributed by atoms with E-state index in [1.54, 1.807) is 6.08 Å². The number of benzene rings is 2.